The van der Waals surface area contributed by atoms with Gasteiger partial charge in [0.25, 0.3) is 0 Å². The van der Waals surface area contributed by atoms with Crippen molar-refractivity contribution in [1.29, 1.82) is 0 Å². The van der Waals surface area contributed by atoms with Gasteiger partial charge in [0.1, 0.15) is 5.82 Å². The number of benzene rings is 1. The molecule has 0 radical (unpaired) electrons. The van der Waals surface area contributed by atoms with Crippen LogP contribution in [0.4, 0.5) is 19.0 Å². The zero-order chi connectivity index (χ0) is 13.3. The molecule has 0 fully saturated rings. The molecule has 0 spiro atoms. The first-order valence-corrected chi connectivity index (χ1v) is 5.20. The van der Waals surface area contributed by atoms with Gasteiger partial charge in [-0.25, -0.2) is 4.98 Å². The van der Waals surface area contributed by atoms with Gasteiger partial charge < -0.3 is 5.73 Å². The first-order valence-electron chi connectivity index (χ1n) is 4.82. The molecule has 18 heavy (non-hydrogen) atoms. The van der Waals surface area contributed by atoms with Crippen molar-refractivity contribution in [3.8, 4) is 11.3 Å². The van der Waals surface area contributed by atoms with Crippen LogP contribution in [0.1, 0.15) is 5.56 Å². The lowest BCUT2D eigenvalue weighted by molar-refractivity contribution is -0.137. The fourth-order valence-corrected chi connectivity index (χ4v) is 1.59. The van der Waals surface area contributed by atoms with Crippen molar-refractivity contribution >= 4 is 17.4 Å². The minimum atomic E-state index is -4.43. The second kappa shape index (κ2) is 4.45. The smallest absolute Gasteiger partial charge is 0.382 e. The molecule has 2 aromatic rings. The summed E-state index contributed by atoms with van der Waals surface area (Å²) < 4.78 is 37.7. The Balaban J connectivity index is 2.53. The van der Waals surface area contributed by atoms with E-state index in [-0.39, 0.29) is 22.1 Å². The molecular weight excluding hydrogens is 267 g/mol. The molecule has 1 aromatic carbocycles. The van der Waals surface area contributed by atoms with Gasteiger partial charge in [-0.2, -0.15) is 13.2 Å². The number of nitrogens with zero attached hydrogens (tertiary/aromatic N) is 2. The number of alkyl halides is 3. The third kappa shape index (κ3) is 2.53. The topological polar surface area (TPSA) is 51.8 Å². The lowest BCUT2D eigenvalue weighted by Gasteiger charge is -2.10. The predicted molar refractivity (Wildman–Crippen MR) is 61.9 cm³/mol. The van der Waals surface area contributed by atoms with Crippen LogP contribution in [0.5, 0.6) is 0 Å². The summed E-state index contributed by atoms with van der Waals surface area (Å²) in [7, 11) is 0. The average molecular weight is 274 g/mol. The standard InChI is InChI=1S/C11H7ClF3N3/c12-8-2-1-6(11(13,14)15)3-7(8)9-4-18-10(16)5-17-9/h1-5H,(H2,16,18). The molecule has 0 bridgehead atoms. The van der Waals surface area contributed by atoms with E-state index >= 15 is 0 Å². The summed E-state index contributed by atoms with van der Waals surface area (Å²) in [4.78, 5) is 7.66. The van der Waals surface area contributed by atoms with Crippen LogP contribution < -0.4 is 5.73 Å². The van der Waals surface area contributed by atoms with E-state index in [2.05, 4.69) is 9.97 Å². The molecular formula is C11H7ClF3N3. The molecule has 0 aliphatic rings. The van der Waals surface area contributed by atoms with Crippen LogP contribution >= 0.6 is 11.6 Å². The van der Waals surface area contributed by atoms with Crippen LogP contribution in [0, 0.1) is 0 Å². The highest BCUT2D eigenvalue weighted by Crippen LogP contribution is 2.35. The van der Waals surface area contributed by atoms with Gasteiger partial charge in [0.05, 0.1) is 28.7 Å². The molecule has 1 heterocycles. The largest absolute Gasteiger partial charge is 0.416 e. The van der Waals surface area contributed by atoms with Crippen molar-refractivity contribution in [2.75, 3.05) is 5.73 Å². The first kappa shape index (κ1) is 12.6. The highest BCUT2D eigenvalue weighted by atomic mass is 35.5. The summed E-state index contributed by atoms with van der Waals surface area (Å²) in [5.74, 6) is 0.182. The van der Waals surface area contributed by atoms with Gasteiger partial charge in [0, 0.05) is 5.56 Å². The lowest BCUT2D eigenvalue weighted by atomic mass is 10.1. The number of aromatic nitrogens is 2. The van der Waals surface area contributed by atoms with E-state index in [1.807, 2.05) is 0 Å². The average Bonchev–Trinajstić information content (AvgIpc) is 2.29. The van der Waals surface area contributed by atoms with Crippen molar-refractivity contribution < 1.29 is 13.2 Å². The Morgan fingerprint density at radius 3 is 2.39 bits per heavy atom. The molecule has 0 unspecified atom stereocenters. The molecule has 0 atom stereocenters. The Kier molecular flexibility index (Phi) is 3.13. The van der Waals surface area contributed by atoms with E-state index in [1.54, 1.807) is 0 Å². The fourth-order valence-electron chi connectivity index (χ4n) is 1.38. The van der Waals surface area contributed by atoms with Gasteiger partial charge in [-0.1, -0.05) is 11.6 Å². The van der Waals surface area contributed by atoms with Crippen LogP contribution in [0.25, 0.3) is 11.3 Å². The number of anilines is 1. The molecule has 0 aliphatic carbocycles. The molecule has 0 aliphatic heterocycles. The van der Waals surface area contributed by atoms with Gasteiger partial charge in [0.2, 0.25) is 0 Å². The fraction of sp³-hybridized carbons (Fsp3) is 0.0909. The van der Waals surface area contributed by atoms with Gasteiger partial charge in [-0.15, -0.1) is 0 Å². The zero-order valence-electron chi connectivity index (χ0n) is 8.87. The van der Waals surface area contributed by atoms with Gasteiger partial charge in [-0.3, -0.25) is 4.98 Å². The molecule has 2 rings (SSSR count). The number of hydrogen-bond donors (Lipinski definition) is 1. The SMILES string of the molecule is Nc1cnc(-c2cc(C(F)(F)F)ccc2Cl)cn1. The van der Waals surface area contributed by atoms with Crippen LogP contribution in [-0.4, -0.2) is 9.97 Å². The Bertz CT molecular complexity index is 567. The van der Waals surface area contributed by atoms with Crippen LogP contribution in [0.2, 0.25) is 5.02 Å². The second-order valence-corrected chi connectivity index (χ2v) is 3.93. The Hall–Kier alpha value is -1.82. The van der Waals surface area contributed by atoms with Crippen molar-refractivity contribution in [3.05, 3.63) is 41.2 Å². The Morgan fingerprint density at radius 1 is 1.11 bits per heavy atom. The van der Waals surface area contributed by atoms with Gasteiger partial charge >= 0.3 is 6.18 Å². The maximum absolute atomic E-state index is 12.6. The first-order chi connectivity index (χ1) is 8.38. The molecule has 0 saturated heterocycles. The monoisotopic (exact) mass is 273 g/mol. The van der Waals surface area contributed by atoms with E-state index in [1.165, 1.54) is 18.5 Å². The number of nitrogens with two attached hydrogens (primary N) is 1. The van der Waals surface area contributed by atoms with Crippen LogP contribution in [0.15, 0.2) is 30.6 Å². The van der Waals surface area contributed by atoms with Crippen molar-refractivity contribution in [2.45, 2.75) is 6.18 Å². The highest BCUT2D eigenvalue weighted by molar-refractivity contribution is 6.33. The summed E-state index contributed by atoms with van der Waals surface area (Å²) in [5, 5.41) is 0.169. The third-order valence-corrected chi connectivity index (χ3v) is 2.57. The minimum Gasteiger partial charge on any atom is -0.382 e. The van der Waals surface area contributed by atoms with Crippen molar-refractivity contribution in [3.63, 3.8) is 0 Å². The quantitative estimate of drug-likeness (QED) is 0.866. The molecule has 3 nitrogen and oxygen atoms in total. The molecule has 7 heteroatoms. The normalized spacial score (nSPS) is 11.6. The van der Waals surface area contributed by atoms with E-state index in [4.69, 9.17) is 17.3 Å². The zero-order valence-corrected chi connectivity index (χ0v) is 9.63. The summed E-state index contributed by atoms with van der Waals surface area (Å²) in [6.07, 6.45) is -1.90. The van der Waals surface area contributed by atoms with Gasteiger partial charge in [0.15, 0.2) is 0 Å². The number of halogens is 4. The van der Waals surface area contributed by atoms with E-state index in [0.717, 1.165) is 12.1 Å². The van der Waals surface area contributed by atoms with E-state index < -0.39 is 11.7 Å². The minimum absolute atomic E-state index is 0.166. The lowest BCUT2D eigenvalue weighted by Crippen LogP contribution is -2.05. The van der Waals surface area contributed by atoms with Crippen molar-refractivity contribution in [1.82, 2.24) is 9.97 Å². The number of hydrogen-bond acceptors (Lipinski definition) is 3. The summed E-state index contributed by atoms with van der Waals surface area (Å²) in [6, 6.07) is 3.02. The maximum atomic E-state index is 12.6. The third-order valence-electron chi connectivity index (χ3n) is 2.24. The molecule has 2 N–H and O–H groups in total. The molecule has 0 amide bonds. The number of nitrogen functional groups attached to an aromatic ring is 1. The summed E-state index contributed by atoms with van der Waals surface area (Å²) in [5.41, 5.74) is 4.97. The highest BCUT2D eigenvalue weighted by Gasteiger charge is 2.31. The molecule has 0 saturated carbocycles. The molecule has 1 aromatic heterocycles. The predicted octanol–water partition coefficient (Wildman–Crippen LogP) is 3.40. The number of rotatable bonds is 1. The van der Waals surface area contributed by atoms with Crippen LogP contribution in [-0.2, 0) is 6.18 Å². The molecule has 94 valence electrons. The second-order valence-electron chi connectivity index (χ2n) is 3.52. The van der Waals surface area contributed by atoms with Crippen molar-refractivity contribution in [2.24, 2.45) is 0 Å². The Labute approximate surface area is 105 Å². The summed E-state index contributed by atoms with van der Waals surface area (Å²) >= 11 is 5.85. The van der Waals surface area contributed by atoms with E-state index in [9.17, 15) is 13.2 Å². The van der Waals surface area contributed by atoms with E-state index in [0.29, 0.717) is 0 Å². The summed E-state index contributed by atoms with van der Waals surface area (Å²) in [6.45, 7) is 0. The van der Waals surface area contributed by atoms with Gasteiger partial charge in [-0.05, 0) is 18.2 Å². The van der Waals surface area contributed by atoms with Crippen LogP contribution in [0.3, 0.4) is 0 Å². The Morgan fingerprint density at radius 2 is 1.83 bits per heavy atom. The maximum Gasteiger partial charge on any atom is 0.416 e.